The van der Waals surface area contributed by atoms with Crippen LogP contribution in [0.5, 0.6) is 0 Å². The van der Waals surface area contributed by atoms with Crippen LogP contribution in [0.1, 0.15) is 5.56 Å². The molecule has 104 valence electrons. The first kappa shape index (κ1) is 14.9. The van der Waals surface area contributed by atoms with Gasteiger partial charge < -0.3 is 9.80 Å². The number of nitrogens with zero attached hydrogens (tertiary/aromatic N) is 4. The Morgan fingerprint density at radius 3 is 2.32 bits per heavy atom. The van der Waals surface area contributed by atoms with Crippen molar-refractivity contribution in [1.29, 1.82) is 0 Å². The van der Waals surface area contributed by atoms with E-state index in [2.05, 4.69) is 4.99 Å². The predicted octanol–water partition coefficient (Wildman–Crippen LogP) is 1.62. The molecule has 0 heterocycles. The van der Waals surface area contributed by atoms with Crippen LogP contribution in [0.25, 0.3) is 0 Å². The molecule has 0 radical (unpaired) electrons. The third-order valence-corrected chi connectivity index (χ3v) is 2.62. The lowest BCUT2D eigenvalue weighted by molar-refractivity contribution is -0.385. The monoisotopic (exact) mass is 264 g/mol. The zero-order valence-corrected chi connectivity index (χ0v) is 11.8. The van der Waals surface area contributed by atoms with Crippen molar-refractivity contribution >= 4 is 11.6 Å². The second kappa shape index (κ2) is 6.72. The van der Waals surface area contributed by atoms with Crippen LogP contribution in [0.3, 0.4) is 0 Å². The molecule has 1 aromatic rings. The van der Waals surface area contributed by atoms with Crippen LogP contribution >= 0.6 is 0 Å². The van der Waals surface area contributed by atoms with Crippen LogP contribution in [-0.2, 0) is 6.42 Å². The first-order valence-corrected chi connectivity index (χ1v) is 6.05. The van der Waals surface area contributed by atoms with E-state index in [-0.39, 0.29) is 10.6 Å². The van der Waals surface area contributed by atoms with Gasteiger partial charge in [0.1, 0.15) is 0 Å². The molecule has 0 saturated carbocycles. The molecule has 0 saturated heterocycles. The van der Waals surface area contributed by atoms with E-state index in [1.807, 2.05) is 44.1 Å². The maximum absolute atomic E-state index is 10.9. The highest BCUT2D eigenvalue weighted by atomic mass is 16.6. The molecule has 0 aliphatic carbocycles. The molecule has 0 aliphatic heterocycles. The minimum atomic E-state index is -0.349. The number of rotatable bonds is 4. The van der Waals surface area contributed by atoms with Crippen LogP contribution < -0.4 is 0 Å². The van der Waals surface area contributed by atoms with E-state index in [0.717, 1.165) is 5.96 Å². The van der Waals surface area contributed by atoms with Gasteiger partial charge in [-0.2, -0.15) is 0 Å². The summed E-state index contributed by atoms with van der Waals surface area (Å²) in [4.78, 5) is 18.8. The van der Waals surface area contributed by atoms with Crippen molar-refractivity contribution in [2.75, 3.05) is 34.7 Å². The Labute approximate surface area is 113 Å². The molecule has 1 aromatic carbocycles. The Morgan fingerprint density at radius 2 is 1.79 bits per heavy atom. The van der Waals surface area contributed by atoms with E-state index in [0.29, 0.717) is 18.5 Å². The summed E-state index contributed by atoms with van der Waals surface area (Å²) in [5.41, 5.74) is 0.877. The number of hydrogen-bond donors (Lipinski definition) is 0. The minimum Gasteiger partial charge on any atom is -0.349 e. The summed E-state index contributed by atoms with van der Waals surface area (Å²) in [6.45, 7) is 0.524. The molecular formula is C13H20N4O2. The maximum atomic E-state index is 10.9. The summed E-state index contributed by atoms with van der Waals surface area (Å²) in [6, 6.07) is 6.79. The number of para-hydroxylation sites is 1. The Hall–Kier alpha value is -2.11. The van der Waals surface area contributed by atoms with Crippen molar-refractivity contribution in [2.24, 2.45) is 4.99 Å². The molecule has 1 rings (SSSR count). The van der Waals surface area contributed by atoms with Crippen LogP contribution in [0.15, 0.2) is 29.3 Å². The highest BCUT2D eigenvalue weighted by molar-refractivity contribution is 5.79. The van der Waals surface area contributed by atoms with E-state index >= 15 is 0 Å². The third kappa shape index (κ3) is 4.24. The van der Waals surface area contributed by atoms with Gasteiger partial charge in [0.15, 0.2) is 5.96 Å². The fourth-order valence-corrected chi connectivity index (χ4v) is 1.86. The largest absolute Gasteiger partial charge is 0.349 e. The van der Waals surface area contributed by atoms with Gasteiger partial charge in [0.2, 0.25) is 0 Å². The maximum Gasteiger partial charge on any atom is 0.272 e. The van der Waals surface area contributed by atoms with Gasteiger partial charge in [0, 0.05) is 46.4 Å². The second-order valence-electron chi connectivity index (χ2n) is 4.61. The summed E-state index contributed by atoms with van der Waals surface area (Å²) in [5.74, 6) is 0.846. The lowest BCUT2D eigenvalue weighted by Gasteiger charge is -2.22. The lowest BCUT2D eigenvalue weighted by Crippen LogP contribution is -2.35. The third-order valence-electron chi connectivity index (χ3n) is 2.62. The molecule has 0 amide bonds. The average Bonchev–Trinajstić information content (AvgIpc) is 2.33. The van der Waals surface area contributed by atoms with Gasteiger partial charge in [-0.25, -0.2) is 0 Å². The van der Waals surface area contributed by atoms with Gasteiger partial charge in [-0.05, 0) is 6.42 Å². The van der Waals surface area contributed by atoms with Gasteiger partial charge in [-0.3, -0.25) is 15.1 Å². The van der Waals surface area contributed by atoms with E-state index in [4.69, 9.17) is 0 Å². The summed E-state index contributed by atoms with van der Waals surface area (Å²) in [7, 11) is 7.68. The smallest absolute Gasteiger partial charge is 0.272 e. The van der Waals surface area contributed by atoms with Gasteiger partial charge in [-0.15, -0.1) is 0 Å². The number of guanidine groups is 1. The van der Waals surface area contributed by atoms with Crippen LogP contribution in [0.2, 0.25) is 0 Å². The molecule has 0 fully saturated rings. The fourth-order valence-electron chi connectivity index (χ4n) is 1.86. The summed E-state index contributed by atoms with van der Waals surface area (Å²) < 4.78 is 0. The van der Waals surface area contributed by atoms with Gasteiger partial charge in [0.05, 0.1) is 4.92 Å². The Balaban J connectivity index is 2.77. The van der Waals surface area contributed by atoms with E-state index in [9.17, 15) is 10.1 Å². The Morgan fingerprint density at radius 1 is 1.21 bits per heavy atom. The van der Waals surface area contributed by atoms with Gasteiger partial charge >= 0.3 is 0 Å². The molecule has 0 unspecified atom stereocenters. The van der Waals surface area contributed by atoms with Crippen molar-refractivity contribution in [3.8, 4) is 0 Å². The topological polar surface area (TPSA) is 62.0 Å². The molecular weight excluding hydrogens is 244 g/mol. The quantitative estimate of drug-likeness (QED) is 0.359. The van der Waals surface area contributed by atoms with E-state index < -0.39 is 0 Å². The first-order chi connectivity index (χ1) is 8.93. The predicted molar refractivity (Wildman–Crippen MR) is 76.5 cm³/mol. The van der Waals surface area contributed by atoms with E-state index in [1.165, 1.54) is 6.07 Å². The number of aliphatic imine (C=N–C) groups is 1. The Bertz CT molecular complexity index is 459. The molecule has 0 atom stereocenters. The van der Waals surface area contributed by atoms with Crippen LogP contribution in [-0.4, -0.2) is 55.4 Å². The SMILES string of the molecule is CN(C)C(=NCCc1ccccc1[N+](=O)[O-])N(C)C. The molecule has 0 aromatic heterocycles. The summed E-state index contributed by atoms with van der Waals surface area (Å²) >= 11 is 0. The standard InChI is InChI=1S/C13H20N4O2/c1-15(2)13(16(3)4)14-10-9-11-7-5-6-8-12(11)17(18)19/h5-8H,9-10H2,1-4H3. The summed E-state index contributed by atoms with van der Waals surface area (Å²) in [5, 5.41) is 10.9. The molecule has 19 heavy (non-hydrogen) atoms. The van der Waals surface area contributed by atoms with Crippen LogP contribution in [0.4, 0.5) is 5.69 Å². The van der Waals surface area contributed by atoms with E-state index in [1.54, 1.807) is 12.1 Å². The van der Waals surface area contributed by atoms with Crippen molar-refractivity contribution in [1.82, 2.24) is 9.80 Å². The molecule has 0 aliphatic rings. The average molecular weight is 264 g/mol. The molecule has 0 N–H and O–H groups in total. The normalized spacial score (nSPS) is 9.89. The highest BCUT2D eigenvalue weighted by Gasteiger charge is 2.11. The van der Waals surface area contributed by atoms with Crippen molar-refractivity contribution < 1.29 is 4.92 Å². The van der Waals surface area contributed by atoms with Crippen molar-refractivity contribution in [3.05, 3.63) is 39.9 Å². The fraction of sp³-hybridized carbons (Fsp3) is 0.462. The zero-order valence-electron chi connectivity index (χ0n) is 11.8. The number of hydrogen-bond acceptors (Lipinski definition) is 3. The minimum absolute atomic E-state index is 0.161. The zero-order chi connectivity index (χ0) is 14.4. The number of nitro groups is 1. The van der Waals surface area contributed by atoms with Gasteiger partial charge in [-0.1, -0.05) is 18.2 Å². The lowest BCUT2D eigenvalue weighted by atomic mass is 10.1. The second-order valence-corrected chi connectivity index (χ2v) is 4.61. The molecule has 0 spiro atoms. The van der Waals surface area contributed by atoms with Crippen molar-refractivity contribution in [2.45, 2.75) is 6.42 Å². The molecule has 0 bridgehead atoms. The molecule has 6 heteroatoms. The highest BCUT2D eigenvalue weighted by Crippen LogP contribution is 2.17. The van der Waals surface area contributed by atoms with Crippen molar-refractivity contribution in [3.63, 3.8) is 0 Å². The number of nitro benzene ring substituents is 1. The van der Waals surface area contributed by atoms with Crippen LogP contribution in [0, 0.1) is 10.1 Å². The molecule has 6 nitrogen and oxygen atoms in total. The Kier molecular flexibility index (Phi) is 5.29. The summed E-state index contributed by atoms with van der Waals surface area (Å²) in [6.07, 6.45) is 0.558. The number of benzene rings is 1. The first-order valence-electron chi connectivity index (χ1n) is 6.05. The van der Waals surface area contributed by atoms with Gasteiger partial charge in [0.25, 0.3) is 5.69 Å².